The molecule has 0 radical (unpaired) electrons. The lowest BCUT2D eigenvalue weighted by Crippen LogP contribution is -2.34. The van der Waals surface area contributed by atoms with Gasteiger partial charge in [-0.3, -0.25) is 0 Å². The molecule has 19 heavy (non-hydrogen) atoms. The first kappa shape index (κ1) is 12.7. The monoisotopic (exact) mass is 256 g/mol. The summed E-state index contributed by atoms with van der Waals surface area (Å²) in [6.45, 7) is 8.09. The molecule has 2 unspecified atom stereocenters. The van der Waals surface area contributed by atoms with E-state index < -0.39 is 0 Å². The van der Waals surface area contributed by atoms with Crippen LogP contribution in [-0.4, -0.2) is 17.2 Å². The largest absolute Gasteiger partial charge is 0.351 e. The Kier molecular flexibility index (Phi) is 2.94. The highest BCUT2D eigenvalue weighted by Gasteiger charge is 2.33. The van der Waals surface area contributed by atoms with Gasteiger partial charge in [-0.15, -0.1) is 0 Å². The van der Waals surface area contributed by atoms with Gasteiger partial charge in [0.15, 0.2) is 0 Å². The van der Waals surface area contributed by atoms with Crippen molar-refractivity contribution in [1.29, 1.82) is 0 Å². The second-order valence-corrected chi connectivity index (χ2v) is 7.00. The molecule has 0 aliphatic carbocycles. The van der Waals surface area contributed by atoms with Crippen LogP contribution in [0.2, 0.25) is 0 Å². The van der Waals surface area contributed by atoms with Gasteiger partial charge in [0, 0.05) is 31.3 Å². The van der Waals surface area contributed by atoms with E-state index in [1.807, 2.05) is 0 Å². The van der Waals surface area contributed by atoms with Crippen molar-refractivity contribution < 1.29 is 0 Å². The summed E-state index contributed by atoms with van der Waals surface area (Å²) in [6.07, 6.45) is 3.39. The van der Waals surface area contributed by atoms with Crippen LogP contribution in [0.4, 0.5) is 0 Å². The highest BCUT2D eigenvalue weighted by Crippen LogP contribution is 2.34. The lowest BCUT2D eigenvalue weighted by molar-refractivity contribution is 0.293. The van der Waals surface area contributed by atoms with E-state index in [0.717, 1.165) is 6.54 Å². The number of rotatable bonds is 1. The molecule has 1 N–H and O–H groups in total. The molecule has 102 valence electrons. The first-order valence-corrected chi connectivity index (χ1v) is 7.23. The number of nitrogens with zero attached hydrogens (tertiary/aromatic N) is 1. The molecule has 1 aliphatic heterocycles. The molecule has 1 aliphatic rings. The molecule has 0 amide bonds. The maximum Gasteiger partial charge on any atom is 0.0477 e. The summed E-state index contributed by atoms with van der Waals surface area (Å²) in [5.74, 6) is 0.661. The summed E-state index contributed by atoms with van der Waals surface area (Å²) >= 11 is 0. The standard InChI is InChI=1S/C17H24N2/c1-17(2,3)16-10-14(11-18-16)12-5-6-15-13(9-12)7-8-19(15)4/h5-9,14,16,18H,10-11H2,1-4H3. The zero-order chi connectivity index (χ0) is 13.6. The fourth-order valence-corrected chi connectivity index (χ4v) is 3.20. The number of benzene rings is 1. The Bertz CT molecular complexity index is 589. The highest BCUT2D eigenvalue weighted by molar-refractivity contribution is 5.80. The van der Waals surface area contributed by atoms with Crippen LogP contribution in [0.5, 0.6) is 0 Å². The summed E-state index contributed by atoms with van der Waals surface area (Å²) in [5.41, 5.74) is 3.16. The van der Waals surface area contributed by atoms with Gasteiger partial charge in [0.1, 0.15) is 0 Å². The summed E-state index contributed by atoms with van der Waals surface area (Å²) in [7, 11) is 2.11. The molecule has 0 saturated carbocycles. The Morgan fingerprint density at radius 2 is 2.00 bits per heavy atom. The summed E-state index contributed by atoms with van der Waals surface area (Å²) in [6, 6.07) is 9.77. The molecule has 3 rings (SSSR count). The number of aromatic nitrogens is 1. The lowest BCUT2D eigenvalue weighted by atomic mass is 9.83. The average molecular weight is 256 g/mol. The predicted octanol–water partition coefficient (Wildman–Crippen LogP) is 3.67. The number of fused-ring (bicyclic) bond motifs is 1. The Hall–Kier alpha value is -1.28. The molecular formula is C17H24N2. The van der Waals surface area contributed by atoms with Crippen molar-refractivity contribution in [3.8, 4) is 0 Å². The molecular weight excluding hydrogens is 232 g/mol. The van der Waals surface area contributed by atoms with Gasteiger partial charge in [-0.25, -0.2) is 0 Å². The highest BCUT2D eigenvalue weighted by atomic mass is 15.0. The first-order chi connectivity index (χ1) is 8.95. The molecule has 1 aromatic heterocycles. The molecule has 2 heterocycles. The van der Waals surface area contributed by atoms with Crippen LogP contribution in [-0.2, 0) is 7.05 Å². The van der Waals surface area contributed by atoms with Crippen LogP contribution in [0.3, 0.4) is 0 Å². The van der Waals surface area contributed by atoms with Crippen molar-refractivity contribution in [1.82, 2.24) is 9.88 Å². The quantitative estimate of drug-likeness (QED) is 0.823. The van der Waals surface area contributed by atoms with Gasteiger partial charge in [0.25, 0.3) is 0 Å². The topological polar surface area (TPSA) is 17.0 Å². The molecule has 2 nitrogen and oxygen atoms in total. The van der Waals surface area contributed by atoms with Gasteiger partial charge in [-0.1, -0.05) is 26.8 Å². The minimum absolute atomic E-state index is 0.353. The third-order valence-electron chi connectivity index (χ3n) is 4.56. The van der Waals surface area contributed by atoms with E-state index in [0.29, 0.717) is 17.4 Å². The second-order valence-electron chi connectivity index (χ2n) is 7.00. The van der Waals surface area contributed by atoms with Crippen molar-refractivity contribution in [3.63, 3.8) is 0 Å². The van der Waals surface area contributed by atoms with E-state index in [-0.39, 0.29) is 0 Å². The number of hydrogen-bond acceptors (Lipinski definition) is 1. The second kappa shape index (κ2) is 4.38. The maximum atomic E-state index is 3.69. The van der Waals surface area contributed by atoms with Crippen LogP contribution in [0, 0.1) is 5.41 Å². The zero-order valence-electron chi connectivity index (χ0n) is 12.4. The van der Waals surface area contributed by atoms with Crippen molar-refractivity contribution in [2.24, 2.45) is 12.5 Å². The minimum Gasteiger partial charge on any atom is -0.351 e. The van der Waals surface area contributed by atoms with Crippen molar-refractivity contribution in [3.05, 3.63) is 36.0 Å². The SMILES string of the molecule is Cn1ccc2cc(C3CNC(C(C)(C)C)C3)ccc21. The van der Waals surface area contributed by atoms with Gasteiger partial charge < -0.3 is 9.88 Å². The van der Waals surface area contributed by atoms with Crippen LogP contribution in [0.1, 0.15) is 38.7 Å². The van der Waals surface area contributed by atoms with Crippen LogP contribution in [0.15, 0.2) is 30.5 Å². The maximum absolute atomic E-state index is 3.69. The lowest BCUT2D eigenvalue weighted by Gasteiger charge is -2.27. The van der Waals surface area contributed by atoms with Crippen LogP contribution in [0.25, 0.3) is 10.9 Å². The van der Waals surface area contributed by atoms with E-state index in [9.17, 15) is 0 Å². The fourth-order valence-electron chi connectivity index (χ4n) is 3.20. The first-order valence-electron chi connectivity index (χ1n) is 7.23. The Balaban J connectivity index is 1.85. The van der Waals surface area contributed by atoms with Crippen LogP contribution >= 0.6 is 0 Å². The van der Waals surface area contributed by atoms with E-state index in [2.05, 4.69) is 68.2 Å². The van der Waals surface area contributed by atoms with E-state index >= 15 is 0 Å². The summed E-state index contributed by atoms with van der Waals surface area (Å²) in [5, 5.41) is 5.05. The van der Waals surface area contributed by atoms with Crippen molar-refractivity contribution in [2.75, 3.05) is 6.54 Å². The van der Waals surface area contributed by atoms with E-state index in [1.54, 1.807) is 0 Å². The Morgan fingerprint density at radius 1 is 1.21 bits per heavy atom. The Morgan fingerprint density at radius 3 is 2.68 bits per heavy atom. The zero-order valence-corrected chi connectivity index (χ0v) is 12.4. The molecule has 2 atom stereocenters. The third-order valence-corrected chi connectivity index (χ3v) is 4.56. The van der Waals surface area contributed by atoms with Crippen LogP contribution < -0.4 is 5.32 Å². The van der Waals surface area contributed by atoms with E-state index in [1.165, 1.54) is 22.9 Å². The third kappa shape index (κ3) is 2.30. The molecule has 0 bridgehead atoms. The number of aryl methyl sites for hydroxylation is 1. The smallest absolute Gasteiger partial charge is 0.0477 e. The Labute approximate surface area is 115 Å². The van der Waals surface area contributed by atoms with Gasteiger partial charge in [-0.05, 0) is 46.9 Å². The van der Waals surface area contributed by atoms with Gasteiger partial charge in [0.05, 0.1) is 0 Å². The van der Waals surface area contributed by atoms with Crippen molar-refractivity contribution >= 4 is 10.9 Å². The normalized spacial score (nSPS) is 24.2. The van der Waals surface area contributed by atoms with E-state index in [4.69, 9.17) is 0 Å². The summed E-state index contributed by atoms with van der Waals surface area (Å²) < 4.78 is 2.18. The predicted molar refractivity (Wildman–Crippen MR) is 81.5 cm³/mol. The van der Waals surface area contributed by atoms with Gasteiger partial charge in [-0.2, -0.15) is 0 Å². The fraction of sp³-hybridized carbons (Fsp3) is 0.529. The number of hydrogen-bond donors (Lipinski definition) is 1. The minimum atomic E-state index is 0.353. The molecule has 1 saturated heterocycles. The molecule has 1 aromatic carbocycles. The molecule has 0 spiro atoms. The average Bonchev–Trinajstić information content (AvgIpc) is 2.95. The molecule has 1 fully saturated rings. The molecule has 2 heteroatoms. The van der Waals surface area contributed by atoms with Gasteiger partial charge in [0.2, 0.25) is 0 Å². The van der Waals surface area contributed by atoms with Crippen molar-refractivity contribution in [2.45, 2.75) is 39.2 Å². The summed E-state index contributed by atoms with van der Waals surface area (Å²) in [4.78, 5) is 0. The van der Waals surface area contributed by atoms with Gasteiger partial charge >= 0.3 is 0 Å². The molecule has 2 aromatic rings. The number of nitrogens with one attached hydrogen (secondary N) is 1.